The minimum Gasteiger partial charge on any atom is -0.309 e. The van der Waals surface area contributed by atoms with E-state index in [4.69, 9.17) is 0 Å². The predicted octanol–water partition coefficient (Wildman–Crippen LogP) is 10.1. The molecule has 0 saturated carbocycles. The molecule has 0 saturated heterocycles. The quantitative estimate of drug-likeness (QED) is 0.221. The lowest BCUT2D eigenvalue weighted by Crippen LogP contribution is -1.96. The lowest BCUT2D eigenvalue weighted by molar-refractivity contribution is 1.18. The number of benzene rings is 6. The van der Waals surface area contributed by atoms with Crippen molar-refractivity contribution in [2.75, 3.05) is 0 Å². The normalized spacial score (nSPS) is 11.8. The summed E-state index contributed by atoms with van der Waals surface area (Å²) in [5.41, 5.74) is 9.28. The lowest BCUT2D eigenvalue weighted by atomic mass is 10.0. The van der Waals surface area contributed by atoms with E-state index in [-0.39, 0.29) is 0 Å². The maximum absolute atomic E-state index is 4.55. The van der Waals surface area contributed by atoms with Crippen molar-refractivity contribution in [1.82, 2.24) is 14.1 Å². The Morgan fingerprint density at radius 3 is 1.38 bits per heavy atom. The molecule has 3 aromatic heterocycles. The number of pyridine rings is 1. The zero-order valence-electron chi connectivity index (χ0n) is 22.8. The number of hydrogen-bond acceptors (Lipinski definition) is 1. The Hall–Kier alpha value is -5.67. The van der Waals surface area contributed by atoms with Crippen LogP contribution in [-0.2, 0) is 0 Å². The first-order valence-electron chi connectivity index (χ1n) is 14.3. The van der Waals surface area contributed by atoms with E-state index in [0.717, 1.165) is 16.9 Å². The number of aromatic nitrogens is 3. The first kappa shape index (κ1) is 23.1. The third kappa shape index (κ3) is 3.25. The van der Waals surface area contributed by atoms with Crippen molar-refractivity contribution in [3.63, 3.8) is 0 Å². The summed E-state index contributed by atoms with van der Waals surface area (Å²) in [6, 6.07) is 52.3. The van der Waals surface area contributed by atoms with Crippen LogP contribution in [0.5, 0.6) is 0 Å². The zero-order valence-corrected chi connectivity index (χ0v) is 22.8. The first-order chi connectivity index (χ1) is 20.9. The Balaban J connectivity index is 1.40. The van der Waals surface area contributed by atoms with E-state index < -0.39 is 0 Å². The Labute approximate surface area is 242 Å². The average Bonchev–Trinajstić information content (AvgIpc) is 3.59. The van der Waals surface area contributed by atoms with Crippen LogP contribution >= 0.6 is 0 Å². The van der Waals surface area contributed by atoms with Gasteiger partial charge in [0.25, 0.3) is 0 Å². The SMILES string of the molecule is c1ccc(-n2c3ccccc3c3ccc4c(ccc5c6ccccc6n(-c6ccc(-c7ccccn7)cc6)c54)c32)cc1. The minimum atomic E-state index is 0.979. The monoisotopic (exact) mass is 535 g/mol. The molecular formula is C39H25N3. The minimum absolute atomic E-state index is 0.979. The second-order valence-electron chi connectivity index (χ2n) is 10.8. The fraction of sp³-hybridized carbons (Fsp3) is 0. The predicted molar refractivity (Wildman–Crippen MR) is 176 cm³/mol. The van der Waals surface area contributed by atoms with Crippen molar-refractivity contribution < 1.29 is 0 Å². The molecule has 3 nitrogen and oxygen atoms in total. The fourth-order valence-electron chi connectivity index (χ4n) is 6.75. The fourth-order valence-corrected chi connectivity index (χ4v) is 6.75. The molecule has 0 atom stereocenters. The third-order valence-corrected chi connectivity index (χ3v) is 8.56. The van der Waals surface area contributed by atoms with Gasteiger partial charge in [-0.1, -0.05) is 97.1 Å². The zero-order chi connectivity index (χ0) is 27.6. The van der Waals surface area contributed by atoms with Crippen molar-refractivity contribution in [3.05, 3.63) is 152 Å². The van der Waals surface area contributed by atoms with Gasteiger partial charge in [-0.15, -0.1) is 0 Å². The summed E-state index contributed by atoms with van der Waals surface area (Å²) in [5.74, 6) is 0. The van der Waals surface area contributed by atoms with E-state index in [1.165, 1.54) is 60.1 Å². The molecule has 9 aromatic rings. The molecule has 3 heterocycles. The van der Waals surface area contributed by atoms with Gasteiger partial charge < -0.3 is 9.13 Å². The number of hydrogen-bond donors (Lipinski definition) is 0. The molecule has 0 fully saturated rings. The molecule has 0 spiro atoms. The van der Waals surface area contributed by atoms with Gasteiger partial charge >= 0.3 is 0 Å². The van der Waals surface area contributed by atoms with Crippen LogP contribution in [0.15, 0.2) is 152 Å². The molecule has 0 radical (unpaired) electrons. The van der Waals surface area contributed by atoms with Gasteiger partial charge in [-0.05, 0) is 48.5 Å². The summed E-state index contributed by atoms with van der Waals surface area (Å²) in [5, 5.41) is 7.53. The van der Waals surface area contributed by atoms with E-state index >= 15 is 0 Å². The second-order valence-corrected chi connectivity index (χ2v) is 10.8. The molecule has 0 bridgehead atoms. The Kier molecular flexibility index (Phi) is 4.90. The first-order valence-corrected chi connectivity index (χ1v) is 14.3. The summed E-state index contributed by atoms with van der Waals surface area (Å²) in [7, 11) is 0. The number of nitrogens with zero attached hydrogens (tertiary/aromatic N) is 3. The smallest absolute Gasteiger partial charge is 0.0701 e. The van der Waals surface area contributed by atoms with Crippen LogP contribution in [0.1, 0.15) is 0 Å². The summed E-state index contributed by atoms with van der Waals surface area (Å²) >= 11 is 0. The second kappa shape index (κ2) is 8.92. The lowest BCUT2D eigenvalue weighted by Gasteiger charge is -2.13. The van der Waals surface area contributed by atoms with Gasteiger partial charge in [0, 0.05) is 55.5 Å². The average molecular weight is 536 g/mol. The molecule has 9 rings (SSSR count). The summed E-state index contributed by atoms with van der Waals surface area (Å²) < 4.78 is 4.85. The summed E-state index contributed by atoms with van der Waals surface area (Å²) in [6.45, 7) is 0. The number of fused-ring (bicyclic) bond motifs is 9. The van der Waals surface area contributed by atoms with Crippen LogP contribution < -0.4 is 0 Å². The van der Waals surface area contributed by atoms with Crippen molar-refractivity contribution in [2.24, 2.45) is 0 Å². The molecule has 0 amide bonds. The highest BCUT2D eigenvalue weighted by atomic mass is 15.0. The topological polar surface area (TPSA) is 22.8 Å². The van der Waals surface area contributed by atoms with Gasteiger partial charge in [0.1, 0.15) is 0 Å². The van der Waals surface area contributed by atoms with Crippen LogP contribution in [-0.4, -0.2) is 14.1 Å². The molecule has 196 valence electrons. The van der Waals surface area contributed by atoms with Gasteiger partial charge in [-0.2, -0.15) is 0 Å². The summed E-state index contributed by atoms with van der Waals surface area (Å²) in [6.07, 6.45) is 1.85. The van der Waals surface area contributed by atoms with Crippen molar-refractivity contribution in [1.29, 1.82) is 0 Å². The number of para-hydroxylation sites is 3. The Bertz CT molecular complexity index is 2430. The molecule has 42 heavy (non-hydrogen) atoms. The van der Waals surface area contributed by atoms with E-state index in [1.807, 2.05) is 18.3 Å². The van der Waals surface area contributed by atoms with Crippen molar-refractivity contribution >= 4 is 54.4 Å². The van der Waals surface area contributed by atoms with Gasteiger partial charge in [-0.3, -0.25) is 4.98 Å². The van der Waals surface area contributed by atoms with Gasteiger partial charge in [0.2, 0.25) is 0 Å². The van der Waals surface area contributed by atoms with Crippen LogP contribution in [0.25, 0.3) is 77.0 Å². The number of rotatable bonds is 3. The van der Waals surface area contributed by atoms with Gasteiger partial charge in [0.05, 0.1) is 27.8 Å². The largest absolute Gasteiger partial charge is 0.309 e. The molecule has 6 aromatic carbocycles. The van der Waals surface area contributed by atoms with Gasteiger partial charge in [0.15, 0.2) is 0 Å². The van der Waals surface area contributed by atoms with Crippen LogP contribution in [0.3, 0.4) is 0 Å². The molecule has 0 aliphatic rings. The van der Waals surface area contributed by atoms with E-state index in [1.54, 1.807) is 0 Å². The maximum atomic E-state index is 4.55. The van der Waals surface area contributed by atoms with Crippen LogP contribution in [0.4, 0.5) is 0 Å². The van der Waals surface area contributed by atoms with E-state index in [9.17, 15) is 0 Å². The highest BCUT2D eigenvalue weighted by molar-refractivity contribution is 6.26. The summed E-state index contributed by atoms with van der Waals surface area (Å²) in [4.78, 5) is 4.55. The molecule has 3 heteroatoms. The van der Waals surface area contributed by atoms with Crippen LogP contribution in [0, 0.1) is 0 Å². The van der Waals surface area contributed by atoms with Crippen molar-refractivity contribution in [2.45, 2.75) is 0 Å². The molecule has 0 aliphatic carbocycles. The standard InChI is InChI=1S/C39H25N3/c1-2-10-27(11-3-1)41-36-15-6-4-12-29(36)31-21-24-34-33(38(31)41)23-22-32-30-13-5-7-16-37(30)42(39(32)34)28-19-17-26(18-20-28)35-14-8-9-25-40-35/h1-25H. The molecule has 0 unspecified atom stereocenters. The molecular weight excluding hydrogens is 510 g/mol. The Morgan fingerprint density at radius 2 is 0.833 bits per heavy atom. The van der Waals surface area contributed by atoms with E-state index in [0.29, 0.717) is 0 Å². The van der Waals surface area contributed by atoms with Crippen molar-refractivity contribution in [3.8, 4) is 22.6 Å². The highest BCUT2D eigenvalue weighted by Crippen LogP contribution is 2.42. The Morgan fingerprint density at radius 1 is 0.357 bits per heavy atom. The van der Waals surface area contributed by atoms with Gasteiger partial charge in [-0.25, -0.2) is 0 Å². The maximum Gasteiger partial charge on any atom is 0.0701 e. The molecule has 0 aliphatic heterocycles. The van der Waals surface area contributed by atoms with E-state index in [2.05, 4.69) is 148 Å². The highest BCUT2D eigenvalue weighted by Gasteiger charge is 2.19. The van der Waals surface area contributed by atoms with Crippen LogP contribution in [0.2, 0.25) is 0 Å². The third-order valence-electron chi connectivity index (χ3n) is 8.56. The molecule has 0 N–H and O–H groups in total.